The summed E-state index contributed by atoms with van der Waals surface area (Å²) in [6.07, 6.45) is 2.12. The lowest BCUT2D eigenvalue weighted by molar-refractivity contribution is 0.624. The fourth-order valence-corrected chi connectivity index (χ4v) is 2.20. The van der Waals surface area contributed by atoms with Gasteiger partial charge >= 0.3 is 0 Å². The second kappa shape index (κ2) is 5.30. The Morgan fingerprint density at radius 3 is 2.81 bits per heavy atom. The smallest absolute Gasteiger partial charge is 0.143 e. The Labute approximate surface area is 126 Å². The third kappa shape index (κ3) is 2.67. The fourth-order valence-electron chi connectivity index (χ4n) is 2.02. The van der Waals surface area contributed by atoms with Gasteiger partial charge in [-0.3, -0.25) is 0 Å². The van der Waals surface area contributed by atoms with Crippen LogP contribution >= 0.6 is 11.6 Å². The first-order chi connectivity index (χ1) is 10.1. The van der Waals surface area contributed by atoms with E-state index in [4.69, 9.17) is 16.9 Å². The molecule has 0 aliphatic heterocycles. The van der Waals surface area contributed by atoms with Crippen molar-refractivity contribution in [2.45, 2.75) is 25.7 Å². The summed E-state index contributed by atoms with van der Waals surface area (Å²) >= 11 is 6.13. The summed E-state index contributed by atoms with van der Waals surface area (Å²) in [5.41, 5.74) is 1.01. The van der Waals surface area contributed by atoms with Gasteiger partial charge in [0.05, 0.1) is 5.69 Å². The van der Waals surface area contributed by atoms with Crippen LogP contribution in [0.15, 0.2) is 18.2 Å². The van der Waals surface area contributed by atoms with Gasteiger partial charge in [0.1, 0.15) is 34.2 Å². The van der Waals surface area contributed by atoms with Crippen LogP contribution in [0.1, 0.15) is 35.7 Å². The van der Waals surface area contributed by atoms with Gasteiger partial charge in [0.15, 0.2) is 0 Å². The van der Waals surface area contributed by atoms with E-state index in [1.54, 1.807) is 19.1 Å². The predicted molar refractivity (Wildman–Crippen MR) is 78.2 cm³/mol. The average molecular weight is 303 g/mol. The number of hydrogen-bond donors (Lipinski definition) is 1. The van der Waals surface area contributed by atoms with Crippen LogP contribution in [0.25, 0.3) is 0 Å². The molecule has 1 aliphatic carbocycles. The largest absolute Gasteiger partial charge is 0.339 e. The zero-order valence-electron chi connectivity index (χ0n) is 11.3. The molecule has 6 heteroatoms. The lowest BCUT2D eigenvalue weighted by atomic mass is 10.2. The highest BCUT2D eigenvalue weighted by Crippen LogP contribution is 2.39. The van der Waals surface area contributed by atoms with Crippen molar-refractivity contribution >= 4 is 23.1 Å². The van der Waals surface area contributed by atoms with Gasteiger partial charge in [-0.15, -0.1) is 0 Å². The van der Waals surface area contributed by atoms with Crippen LogP contribution < -0.4 is 5.32 Å². The SMILES string of the molecule is Cc1c(Cl)nc(C2CC2)nc1Nc1cccc(F)c1C#N. The van der Waals surface area contributed by atoms with Crippen LogP contribution in [0.3, 0.4) is 0 Å². The van der Waals surface area contributed by atoms with Crippen LogP contribution in [0, 0.1) is 24.1 Å². The van der Waals surface area contributed by atoms with Crippen LogP contribution in [-0.2, 0) is 0 Å². The van der Waals surface area contributed by atoms with E-state index in [1.165, 1.54) is 6.07 Å². The van der Waals surface area contributed by atoms with Gasteiger partial charge in [0.25, 0.3) is 0 Å². The van der Waals surface area contributed by atoms with Gasteiger partial charge in [0.2, 0.25) is 0 Å². The van der Waals surface area contributed by atoms with Crippen molar-refractivity contribution in [3.8, 4) is 6.07 Å². The first kappa shape index (κ1) is 13.8. The average Bonchev–Trinajstić information content (AvgIpc) is 3.28. The molecule has 0 unspecified atom stereocenters. The lowest BCUT2D eigenvalue weighted by Crippen LogP contribution is -2.04. The van der Waals surface area contributed by atoms with E-state index in [0.29, 0.717) is 34.0 Å². The molecule has 1 aromatic heterocycles. The molecule has 1 aliphatic rings. The first-order valence-corrected chi connectivity index (χ1v) is 6.97. The molecule has 0 amide bonds. The Kier molecular flexibility index (Phi) is 3.48. The molecule has 1 saturated carbocycles. The zero-order chi connectivity index (χ0) is 15.0. The highest BCUT2D eigenvalue weighted by Gasteiger charge is 2.28. The summed E-state index contributed by atoms with van der Waals surface area (Å²) < 4.78 is 13.6. The third-order valence-corrected chi connectivity index (χ3v) is 3.79. The molecule has 106 valence electrons. The number of anilines is 2. The monoisotopic (exact) mass is 302 g/mol. The maximum Gasteiger partial charge on any atom is 0.143 e. The predicted octanol–water partition coefficient (Wildman–Crippen LogP) is 4.07. The molecule has 0 radical (unpaired) electrons. The number of nitrogens with one attached hydrogen (secondary N) is 1. The standard InChI is InChI=1S/C15H12ClFN4/c1-8-13(16)20-15(9-5-6-9)21-14(8)19-12-4-2-3-11(17)10(12)7-18/h2-4,9H,5-6H2,1H3,(H,19,20,21). The second-order valence-electron chi connectivity index (χ2n) is 5.02. The molecule has 21 heavy (non-hydrogen) atoms. The molecule has 1 heterocycles. The quantitative estimate of drug-likeness (QED) is 0.868. The lowest BCUT2D eigenvalue weighted by Gasteiger charge is -2.12. The van der Waals surface area contributed by atoms with Crippen molar-refractivity contribution < 1.29 is 4.39 Å². The molecule has 0 bridgehead atoms. The number of hydrogen-bond acceptors (Lipinski definition) is 4. The number of nitrogens with zero attached hydrogens (tertiary/aromatic N) is 3. The number of nitriles is 1. The topological polar surface area (TPSA) is 61.6 Å². The third-order valence-electron chi connectivity index (χ3n) is 3.42. The van der Waals surface area contributed by atoms with Crippen LogP contribution in [0.2, 0.25) is 5.15 Å². The van der Waals surface area contributed by atoms with Gasteiger partial charge < -0.3 is 5.32 Å². The number of halogens is 2. The highest BCUT2D eigenvalue weighted by molar-refractivity contribution is 6.30. The molecular formula is C15H12ClFN4. The molecule has 1 aromatic carbocycles. The van der Waals surface area contributed by atoms with Crippen molar-refractivity contribution in [2.75, 3.05) is 5.32 Å². The van der Waals surface area contributed by atoms with Gasteiger partial charge in [-0.25, -0.2) is 14.4 Å². The maximum atomic E-state index is 13.6. The number of benzene rings is 1. The summed E-state index contributed by atoms with van der Waals surface area (Å²) in [6.45, 7) is 1.78. The van der Waals surface area contributed by atoms with Gasteiger partial charge in [-0.2, -0.15) is 5.26 Å². The van der Waals surface area contributed by atoms with E-state index in [-0.39, 0.29) is 5.56 Å². The summed E-state index contributed by atoms with van der Waals surface area (Å²) in [5, 5.41) is 12.4. The second-order valence-corrected chi connectivity index (χ2v) is 5.38. The highest BCUT2D eigenvalue weighted by atomic mass is 35.5. The van der Waals surface area contributed by atoms with Crippen molar-refractivity contribution in [1.29, 1.82) is 5.26 Å². The van der Waals surface area contributed by atoms with Crippen molar-refractivity contribution in [2.24, 2.45) is 0 Å². The van der Waals surface area contributed by atoms with Crippen molar-refractivity contribution in [3.05, 3.63) is 46.1 Å². The normalized spacial score (nSPS) is 13.8. The Balaban J connectivity index is 2.02. The van der Waals surface area contributed by atoms with Crippen LogP contribution in [-0.4, -0.2) is 9.97 Å². The van der Waals surface area contributed by atoms with E-state index in [1.807, 2.05) is 6.07 Å². The molecule has 2 aromatic rings. The molecule has 3 rings (SSSR count). The van der Waals surface area contributed by atoms with E-state index in [2.05, 4.69) is 15.3 Å². The summed E-state index contributed by atoms with van der Waals surface area (Å²) in [6, 6.07) is 6.28. The number of rotatable bonds is 3. The van der Waals surface area contributed by atoms with Crippen molar-refractivity contribution in [3.63, 3.8) is 0 Å². The fraction of sp³-hybridized carbons (Fsp3) is 0.267. The minimum absolute atomic E-state index is 0.0420. The molecule has 0 saturated heterocycles. The van der Waals surface area contributed by atoms with E-state index >= 15 is 0 Å². The van der Waals surface area contributed by atoms with Gasteiger partial charge in [0, 0.05) is 11.5 Å². The van der Waals surface area contributed by atoms with Crippen LogP contribution in [0.4, 0.5) is 15.9 Å². The zero-order valence-corrected chi connectivity index (χ0v) is 12.1. The van der Waals surface area contributed by atoms with Crippen molar-refractivity contribution in [1.82, 2.24) is 9.97 Å². The molecule has 1 fully saturated rings. The van der Waals surface area contributed by atoms with E-state index in [9.17, 15) is 4.39 Å². The molecule has 0 spiro atoms. The maximum absolute atomic E-state index is 13.6. The molecule has 1 N–H and O–H groups in total. The minimum atomic E-state index is -0.567. The molecular weight excluding hydrogens is 291 g/mol. The minimum Gasteiger partial charge on any atom is -0.339 e. The van der Waals surface area contributed by atoms with Gasteiger partial charge in [-0.05, 0) is 31.9 Å². The first-order valence-electron chi connectivity index (χ1n) is 6.60. The van der Waals surface area contributed by atoms with E-state index in [0.717, 1.165) is 12.8 Å². The van der Waals surface area contributed by atoms with E-state index < -0.39 is 5.82 Å². The van der Waals surface area contributed by atoms with Crippen LogP contribution in [0.5, 0.6) is 0 Å². The van der Waals surface area contributed by atoms with Gasteiger partial charge in [-0.1, -0.05) is 17.7 Å². The Morgan fingerprint density at radius 1 is 1.38 bits per heavy atom. The number of aromatic nitrogens is 2. The Hall–Kier alpha value is -2.19. The summed E-state index contributed by atoms with van der Waals surface area (Å²) in [4.78, 5) is 8.73. The molecule has 4 nitrogen and oxygen atoms in total. The Morgan fingerprint density at radius 2 is 2.14 bits per heavy atom. The molecule has 0 atom stereocenters. The summed E-state index contributed by atoms with van der Waals surface area (Å²) in [7, 11) is 0. The Bertz CT molecular complexity index is 750. The summed E-state index contributed by atoms with van der Waals surface area (Å²) in [5.74, 6) is 0.997.